The Hall–Kier alpha value is -1.42. The maximum Gasteiger partial charge on any atom is 0.369 e. The van der Waals surface area contributed by atoms with Gasteiger partial charge in [0.15, 0.2) is 27.5 Å². The number of aliphatic hydroxyl groups is 2. The minimum atomic E-state index is -5.17. The number of rotatable bonds is 6. The van der Waals surface area contributed by atoms with Gasteiger partial charge in [-0.3, -0.25) is 9.13 Å². The molecule has 3 rings (SSSR count). The number of sulfone groups is 1. The minimum Gasteiger partial charge on any atom is -0.387 e. The van der Waals surface area contributed by atoms with Gasteiger partial charge in [-0.05, 0) is 11.6 Å². The van der Waals surface area contributed by atoms with Crippen molar-refractivity contribution in [3.8, 4) is 0 Å². The third-order valence-electron chi connectivity index (χ3n) is 4.08. The van der Waals surface area contributed by atoms with Gasteiger partial charge in [0.2, 0.25) is 5.28 Å². The Morgan fingerprint density at radius 1 is 1.38 bits per heavy atom. The van der Waals surface area contributed by atoms with Crippen LogP contribution in [-0.4, -0.2) is 84.3 Å². The molecule has 0 bridgehead atoms. The summed E-state index contributed by atoms with van der Waals surface area (Å²) < 4.78 is 46.1. The minimum absolute atomic E-state index is 0.0238. The Kier molecular flexibility index (Phi) is 5.90. The molecule has 0 amide bonds. The van der Waals surface area contributed by atoms with Crippen LogP contribution < -0.4 is 5.73 Å². The fourth-order valence-electron chi connectivity index (χ4n) is 2.84. The van der Waals surface area contributed by atoms with Gasteiger partial charge in [-0.15, -0.1) is 0 Å². The molecule has 0 aromatic carbocycles. The summed E-state index contributed by atoms with van der Waals surface area (Å²) in [6, 6.07) is 0. The summed E-state index contributed by atoms with van der Waals surface area (Å²) >= 11 is 5.78. The first-order chi connectivity index (χ1) is 13.3. The van der Waals surface area contributed by atoms with Crippen molar-refractivity contribution in [1.82, 2.24) is 19.5 Å². The Morgan fingerprint density at radius 3 is 2.62 bits per heavy atom. The van der Waals surface area contributed by atoms with Crippen LogP contribution >= 0.6 is 19.2 Å². The van der Waals surface area contributed by atoms with Gasteiger partial charge in [0.1, 0.15) is 23.8 Å². The first-order valence-electron chi connectivity index (χ1n) is 7.83. The van der Waals surface area contributed by atoms with Gasteiger partial charge < -0.3 is 35.2 Å². The standard InChI is InChI=1S/C12H17ClN5O9PS/c1-29(24,25)12(28(21,22)23)26-2-4-6(19)7(20)10(27-4)18-3-15-5-8(14)16-11(13)17-9(5)18/h3-4,6-7,10,12,19-20H,2H2,1H3,(H2,14,16,17)(H2,21,22,23)/t4-,6+,7-,10-,12?/m1/s1. The number of hydrogen-bond donors (Lipinski definition) is 5. The molecule has 6 N–H and O–H groups in total. The van der Waals surface area contributed by atoms with E-state index in [1.54, 1.807) is 0 Å². The molecular weight excluding hydrogens is 457 g/mol. The van der Waals surface area contributed by atoms with Crippen molar-refractivity contribution in [1.29, 1.82) is 0 Å². The van der Waals surface area contributed by atoms with Gasteiger partial charge in [0.25, 0.3) is 5.18 Å². The van der Waals surface area contributed by atoms with Gasteiger partial charge >= 0.3 is 7.60 Å². The summed E-state index contributed by atoms with van der Waals surface area (Å²) in [6.45, 7) is -0.734. The molecule has 1 fully saturated rings. The van der Waals surface area contributed by atoms with Crippen molar-refractivity contribution < 1.29 is 42.5 Å². The van der Waals surface area contributed by atoms with Crippen LogP contribution in [-0.2, 0) is 23.9 Å². The molecule has 2 aromatic heterocycles. The number of imidazole rings is 1. The van der Waals surface area contributed by atoms with Gasteiger partial charge in [-0.1, -0.05) is 0 Å². The number of nitrogens with two attached hydrogens (primary N) is 1. The molecule has 3 heterocycles. The Balaban J connectivity index is 1.83. The SMILES string of the molecule is CS(=O)(=O)C(OC[C@H]1O[C@@H](n2cnc3c(N)nc(Cl)nc32)[C@H](O)[C@H]1O)P(=O)(O)O. The molecule has 29 heavy (non-hydrogen) atoms. The number of aliphatic hydroxyl groups excluding tert-OH is 2. The highest BCUT2D eigenvalue weighted by molar-refractivity contribution is 7.97. The Morgan fingerprint density at radius 2 is 2.03 bits per heavy atom. The van der Waals surface area contributed by atoms with Crippen LogP contribution in [0.2, 0.25) is 5.28 Å². The van der Waals surface area contributed by atoms with Crippen LogP contribution in [0, 0.1) is 0 Å². The van der Waals surface area contributed by atoms with Gasteiger partial charge in [-0.2, -0.15) is 9.97 Å². The maximum atomic E-state index is 11.6. The molecule has 0 spiro atoms. The number of hydrogen-bond acceptors (Lipinski definition) is 11. The zero-order valence-corrected chi connectivity index (χ0v) is 17.1. The lowest BCUT2D eigenvalue weighted by atomic mass is 10.1. The average molecular weight is 474 g/mol. The second kappa shape index (κ2) is 7.68. The number of nitrogens with zero attached hydrogens (tertiary/aromatic N) is 4. The molecule has 0 saturated carbocycles. The van der Waals surface area contributed by atoms with E-state index in [1.807, 2.05) is 0 Å². The van der Waals surface area contributed by atoms with E-state index in [2.05, 4.69) is 15.0 Å². The van der Waals surface area contributed by atoms with Crippen molar-refractivity contribution in [3.05, 3.63) is 11.6 Å². The molecule has 1 unspecified atom stereocenters. The lowest BCUT2D eigenvalue weighted by Crippen LogP contribution is -2.36. The summed E-state index contributed by atoms with van der Waals surface area (Å²) in [6.07, 6.45) is -3.89. The summed E-state index contributed by atoms with van der Waals surface area (Å²) in [5, 5.41) is 17.9. The van der Waals surface area contributed by atoms with E-state index in [-0.39, 0.29) is 22.3 Å². The number of halogens is 1. The number of aromatic nitrogens is 4. The highest BCUT2D eigenvalue weighted by atomic mass is 35.5. The third kappa shape index (κ3) is 4.38. The van der Waals surface area contributed by atoms with E-state index in [9.17, 15) is 33.0 Å². The molecule has 5 atom stereocenters. The van der Waals surface area contributed by atoms with Crippen LogP contribution in [0.5, 0.6) is 0 Å². The van der Waals surface area contributed by atoms with Gasteiger partial charge in [0.05, 0.1) is 12.9 Å². The number of fused-ring (bicyclic) bond motifs is 1. The van der Waals surface area contributed by atoms with E-state index in [4.69, 9.17) is 26.8 Å². The molecule has 14 nitrogen and oxygen atoms in total. The number of nitrogen functional groups attached to an aromatic ring is 1. The molecular formula is C12H17ClN5O9PS. The van der Waals surface area contributed by atoms with E-state index < -0.39 is 53.8 Å². The third-order valence-corrected chi connectivity index (χ3v) is 7.79. The molecule has 1 aliphatic rings. The highest BCUT2D eigenvalue weighted by Crippen LogP contribution is 2.45. The molecule has 2 aromatic rings. The van der Waals surface area contributed by atoms with E-state index >= 15 is 0 Å². The summed E-state index contributed by atoms with van der Waals surface area (Å²) in [4.78, 5) is 30.0. The maximum absolute atomic E-state index is 11.6. The van der Waals surface area contributed by atoms with Crippen molar-refractivity contribution in [2.24, 2.45) is 0 Å². The summed E-state index contributed by atoms with van der Waals surface area (Å²) in [5.74, 6) is -0.0238. The Bertz CT molecular complexity index is 1080. The lowest BCUT2D eigenvalue weighted by Gasteiger charge is -2.20. The second-order valence-corrected chi connectivity index (χ2v) is 10.7. The van der Waals surface area contributed by atoms with Crippen LogP contribution in [0.1, 0.15) is 6.23 Å². The zero-order valence-electron chi connectivity index (χ0n) is 14.6. The van der Waals surface area contributed by atoms with E-state index in [1.165, 1.54) is 10.9 Å². The molecule has 1 aliphatic heterocycles. The predicted octanol–water partition coefficient (Wildman–Crippen LogP) is -1.80. The average Bonchev–Trinajstić information content (AvgIpc) is 3.08. The summed E-state index contributed by atoms with van der Waals surface area (Å²) in [7, 11) is -9.45. The molecule has 17 heteroatoms. The van der Waals surface area contributed by atoms with Crippen molar-refractivity contribution in [3.63, 3.8) is 0 Å². The normalized spacial score (nSPS) is 26.8. The van der Waals surface area contributed by atoms with E-state index in [0.29, 0.717) is 6.26 Å². The van der Waals surface area contributed by atoms with Crippen molar-refractivity contribution >= 4 is 46.0 Å². The van der Waals surface area contributed by atoms with Crippen LogP contribution in [0.3, 0.4) is 0 Å². The fourth-order valence-corrected chi connectivity index (χ4v) is 5.61. The monoisotopic (exact) mass is 473 g/mol. The van der Waals surface area contributed by atoms with Crippen LogP contribution in [0.15, 0.2) is 6.33 Å². The number of anilines is 1. The molecule has 162 valence electrons. The zero-order chi connectivity index (χ0) is 21.7. The van der Waals surface area contributed by atoms with Crippen LogP contribution in [0.25, 0.3) is 11.2 Å². The Labute approximate surface area is 168 Å². The van der Waals surface area contributed by atoms with Crippen LogP contribution in [0.4, 0.5) is 5.82 Å². The molecule has 0 aliphatic carbocycles. The topological polar surface area (TPSA) is 220 Å². The first kappa shape index (κ1) is 22.3. The molecule has 0 radical (unpaired) electrons. The molecule has 1 saturated heterocycles. The van der Waals surface area contributed by atoms with Gasteiger partial charge in [-0.25, -0.2) is 13.4 Å². The fraction of sp³-hybridized carbons (Fsp3) is 0.583. The quantitative estimate of drug-likeness (QED) is 0.231. The second-order valence-electron chi connectivity index (χ2n) is 6.31. The lowest BCUT2D eigenvalue weighted by molar-refractivity contribution is -0.0647. The highest BCUT2D eigenvalue weighted by Gasteiger charge is 2.46. The van der Waals surface area contributed by atoms with Crippen molar-refractivity contribution in [2.75, 3.05) is 18.6 Å². The predicted molar refractivity (Wildman–Crippen MR) is 97.3 cm³/mol. The largest absolute Gasteiger partial charge is 0.387 e. The first-order valence-corrected chi connectivity index (χ1v) is 11.8. The van der Waals surface area contributed by atoms with E-state index in [0.717, 1.165) is 0 Å². The van der Waals surface area contributed by atoms with Crippen molar-refractivity contribution in [2.45, 2.75) is 29.7 Å². The number of ether oxygens (including phenoxy) is 2. The smallest absolute Gasteiger partial charge is 0.369 e. The summed E-state index contributed by atoms with van der Waals surface area (Å²) in [5.41, 5.74) is 5.97. The van der Waals surface area contributed by atoms with Gasteiger partial charge in [0, 0.05) is 6.26 Å².